The Hall–Kier alpha value is -0.570. The van der Waals surface area contributed by atoms with E-state index in [0.717, 1.165) is 19.5 Å². The minimum absolute atomic E-state index is 0.00868. The van der Waals surface area contributed by atoms with Crippen molar-refractivity contribution in [2.45, 2.75) is 6.42 Å². The number of fused-ring (bicyclic) bond motifs is 1. The molecule has 0 aromatic carbocycles. The average Bonchev–Trinajstić information content (AvgIpc) is 2.54. The van der Waals surface area contributed by atoms with Gasteiger partial charge in [-0.05, 0) is 18.9 Å². The summed E-state index contributed by atoms with van der Waals surface area (Å²) >= 11 is 0. The van der Waals surface area contributed by atoms with Gasteiger partial charge in [-0.3, -0.25) is 4.79 Å². The van der Waals surface area contributed by atoms with Crippen LogP contribution in [0.15, 0.2) is 0 Å². The Bertz CT molecular complexity index is 180. The third kappa shape index (κ3) is 0.560. The number of piperidine rings is 1. The molecule has 56 valence electrons. The van der Waals surface area contributed by atoms with Crippen LogP contribution in [-0.2, 0) is 4.79 Å². The van der Waals surface area contributed by atoms with E-state index in [0.29, 0.717) is 5.92 Å². The van der Waals surface area contributed by atoms with Crippen LogP contribution >= 0.6 is 0 Å². The molecule has 10 heavy (non-hydrogen) atoms. The molecule has 2 aliphatic rings. The Morgan fingerprint density at radius 3 is 3.00 bits per heavy atom. The third-order valence-electron chi connectivity index (χ3n) is 2.74. The molecule has 2 N–H and O–H groups in total. The highest BCUT2D eigenvalue weighted by Gasteiger charge is 2.62. The molecule has 3 nitrogen and oxygen atoms in total. The summed E-state index contributed by atoms with van der Waals surface area (Å²) in [5.41, 5.74) is 0.00868. The highest BCUT2D eigenvalue weighted by molar-refractivity contribution is 5.86. The minimum atomic E-state index is 0.00868. The van der Waals surface area contributed by atoms with Crippen molar-refractivity contribution in [3.63, 3.8) is 0 Å². The highest BCUT2D eigenvalue weighted by Crippen LogP contribution is 2.54. The van der Waals surface area contributed by atoms with E-state index >= 15 is 0 Å². The van der Waals surface area contributed by atoms with Gasteiger partial charge >= 0.3 is 0 Å². The van der Waals surface area contributed by atoms with E-state index in [1.807, 2.05) is 0 Å². The molecule has 1 saturated heterocycles. The van der Waals surface area contributed by atoms with Crippen molar-refractivity contribution in [3.05, 3.63) is 0 Å². The molecule has 1 amide bonds. The zero-order valence-electron chi connectivity index (χ0n) is 6.11. The van der Waals surface area contributed by atoms with Gasteiger partial charge in [-0.15, -0.1) is 0 Å². The summed E-state index contributed by atoms with van der Waals surface area (Å²) in [6.45, 7) is 1.92. The van der Waals surface area contributed by atoms with Crippen molar-refractivity contribution in [2.24, 2.45) is 11.3 Å². The predicted octanol–water partition coefficient (Wildman–Crippen LogP) is -0.658. The van der Waals surface area contributed by atoms with Gasteiger partial charge in [0.2, 0.25) is 5.91 Å². The van der Waals surface area contributed by atoms with Crippen LogP contribution in [0.1, 0.15) is 6.42 Å². The molecule has 3 heteroatoms. The lowest BCUT2D eigenvalue weighted by molar-refractivity contribution is -0.125. The third-order valence-corrected chi connectivity index (χ3v) is 2.74. The quantitative estimate of drug-likeness (QED) is 0.508. The molecule has 2 rings (SSSR count). The van der Waals surface area contributed by atoms with Gasteiger partial charge in [0.15, 0.2) is 0 Å². The zero-order chi connectivity index (χ0) is 7.19. The summed E-state index contributed by atoms with van der Waals surface area (Å²) < 4.78 is 0. The fourth-order valence-corrected chi connectivity index (χ4v) is 1.94. The summed E-state index contributed by atoms with van der Waals surface area (Å²) in [6.07, 6.45) is 1.10. The van der Waals surface area contributed by atoms with Crippen LogP contribution in [0, 0.1) is 11.3 Å². The van der Waals surface area contributed by atoms with Gasteiger partial charge in [0, 0.05) is 13.6 Å². The number of carbonyl (C=O) groups is 1. The molecule has 2 fully saturated rings. The topological polar surface area (TPSA) is 41.1 Å². The summed E-state index contributed by atoms with van der Waals surface area (Å²) in [7, 11) is 1.71. The Morgan fingerprint density at radius 1 is 1.80 bits per heavy atom. The van der Waals surface area contributed by atoms with Gasteiger partial charge in [-0.1, -0.05) is 0 Å². The molecule has 0 bridgehead atoms. The monoisotopic (exact) mass is 140 g/mol. The predicted molar refractivity (Wildman–Crippen MR) is 37.5 cm³/mol. The lowest BCUT2D eigenvalue weighted by Gasteiger charge is -2.07. The molecule has 1 saturated carbocycles. The van der Waals surface area contributed by atoms with E-state index in [9.17, 15) is 4.79 Å². The van der Waals surface area contributed by atoms with E-state index in [1.54, 1.807) is 7.05 Å². The lowest BCUT2D eigenvalue weighted by atomic mass is 10.1. The van der Waals surface area contributed by atoms with Gasteiger partial charge in [0.25, 0.3) is 0 Å². The molecule has 0 aromatic heterocycles. The summed E-state index contributed by atoms with van der Waals surface area (Å²) in [4.78, 5) is 11.2. The molecule has 2 atom stereocenters. The maximum Gasteiger partial charge on any atom is 0.227 e. The molecule has 0 aromatic rings. The lowest BCUT2D eigenvalue weighted by Crippen LogP contribution is -2.33. The first-order valence-corrected chi connectivity index (χ1v) is 3.72. The van der Waals surface area contributed by atoms with Crippen LogP contribution in [0.25, 0.3) is 0 Å². The first kappa shape index (κ1) is 6.16. The van der Waals surface area contributed by atoms with Crippen LogP contribution in [0.3, 0.4) is 0 Å². The molecule has 0 radical (unpaired) electrons. The second-order valence-corrected chi connectivity index (χ2v) is 3.27. The van der Waals surface area contributed by atoms with E-state index in [1.165, 1.54) is 0 Å². The fraction of sp³-hybridized carbons (Fsp3) is 0.857. The van der Waals surface area contributed by atoms with Crippen LogP contribution in [0.4, 0.5) is 0 Å². The van der Waals surface area contributed by atoms with Gasteiger partial charge < -0.3 is 10.6 Å². The first-order valence-electron chi connectivity index (χ1n) is 3.72. The van der Waals surface area contributed by atoms with Gasteiger partial charge in [0.1, 0.15) is 0 Å². The van der Waals surface area contributed by atoms with Gasteiger partial charge in [-0.25, -0.2) is 0 Å². The number of nitrogens with one attached hydrogen (secondary N) is 2. The van der Waals surface area contributed by atoms with E-state index in [-0.39, 0.29) is 11.3 Å². The number of carbonyl (C=O) groups excluding carboxylic acids is 1. The molecule has 2 unspecified atom stereocenters. The molecular formula is C7H12N2O. The van der Waals surface area contributed by atoms with E-state index in [2.05, 4.69) is 10.6 Å². The van der Waals surface area contributed by atoms with Crippen LogP contribution < -0.4 is 10.6 Å². The number of hydrogen-bond donors (Lipinski definition) is 2. The van der Waals surface area contributed by atoms with Gasteiger partial charge in [-0.2, -0.15) is 0 Å². The van der Waals surface area contributed by atoms with Crippen LogP contribution in [0.5, 0.6) is 0 Å². The summed E-state index contributed by atoms with van der Waals surface area (Å²) in [6, 6.07) is 0. The maximum absolute atomic E-state index is 11.2. The fourth-order valence-electron chi connectivity index (χ4n) is 1.94. The number of rotatable bonds is 1. The van der Waals surface area contributed by atoms with Crippen molar-refractivity contribution < 1.29 is 4.79 Å². The standard InChI is InChI=1S/C7H12N2O/c1-8-6(10)7-2-5(7)3-9-4-7/h5,9H,2-4H2,1H3,(H,8,10). The second kappa shape index (κ2) is 1.72. The van der Waals surface area contributed by atoms with E-state index in [4.69, 9.17) is 0 Å². The summed E-state index contributed by atoms with van der Waals surface area (Å²) in [5.74, 6) is 0.856. The molecule has 1 aliphatic carbocycles. The SMILES string of the molecule is CNC(=O)C12CNCC1C2. The van der Waals surface area contributed by atoms with Crippen molar-refractivity contribution in [1.29, 1.82) is 0 Å². The van der Waals surface area contributed by atoms with Crippen molar-refractivity contribution in [3.8, 4) is 0 Å². The molecule has 1 heterocycles. The van der Waals surface area contributed by atoms with Crippen molar-refractivity contribution in [2.75, 3.05) is 20.1 Å². The van der Waals surface area contributed by atoms with Crippen LogP contribution in [-0.4, -0.2) is 26.0 Å². The zero-order valence-corrected chi connectivity index (χ0v) is 6.11. The number of hydrogen-bond acceptors (Lipinski definition) is 2. The van der Waals surface area contributed by atoms with Gasteiger partial charge in [0.05, 0.1) is 5.41 Å². The maximum atomic E-state index is 11.2. The Kier molecular flexibility index (Phi) is 1.06. The summed E-state index contributed by atoms with van der Waals surface area (Å²) in [5, 5.41) is 5.93. The second-order valence-electron chi connectivity index (χ2n) is 3.27. The Morgan fingerprint density at radius 2 is 2.60 bits per heavy atom. The van der Waals surface area contributed by atoms with Crippen LogP contribution in [0.2, 0.25) is 0 Å². The smallest absolute Gasteiger partial charge is 0.227 e. The van der Waals surface area contributed by atoms with E-state index < -0.39 is 0 Å². The molecule has 0 spiro atoms. The average molecular weight is 140 g/mol. The van der Waals surface area contributed by atoms with Crippen molar-refractivity contribution in [1.82, 2.24) is 10.6 Å². The molecule has 1 aliphatic heterocycles. The minimum Gasteiger partial charge on any atom is -0.359 e. The Balaban J connectivity index is 2.11. The largest absolute Gasteiger partial charge is 0.359 e. The molecular weight excluding hydrogens is 128 g/mol. The first-order chi connectivity index (χ1) is 4.79. The normalized spacial score (nSPS) is 42.7. The Labute approximate surface area is 60.2 Å². The highest BCUT2D eigenvalue weighted by atomic mass is 16.2. The number of amides is 1. The van der Waals surface area contributed by atoms with Crippen molar-refractivity contribution >= 4 is 5.91 Å².